The fourth-order valence-corrected chi connectivity index (χ4v) is 1.49. The normalized spacial score (nSPS) is 28.5. The van der Waals surface area contributed by atoms with Crippen molar-refractivity contribution < 1.29 is 9.90 Å². The van der Waals surface area contributed by atoms with E-state index < -0.39 is 0 Å². The second kappa shape index (κ2) is 4.30. The van der Waals surface area contributed by atoms with E-state index in [9.17, 15) is 9.90 Å². The second-order valence-electron chi connectivity index (χ2n) is 3.11. The fourth-order valence-electron chi connectivity index (χ4n) is 1.49. The van der Waals surface area contributed by atoms with Crippen LogP contribution in [0.25, 0.3) is 0 Å². The highest BCUT2D eigenvalue weighted by Gasteiger charge is 2.26. The average Bonchev–Trinajstić information content (AvgIpc) is 2.37. The molecule has 0 bridgehead atoms. The van der Waals surface area contributed by atoms with Gasteiger partial charge in [-0.2, -0.15) is 0 Å². The predicted octanol–water partition coefficient (Wildman–Crippen LogP) is 0.219. The maximum atomic E-state index is 11.0. The minimum Gasteiger partial charge on any atom is -0.391 e. The summed E-state index contributed by atoms with van der Waals surface area (Å²) in [6.07, 6.45) is 2.33. The molecular formula is C8H16N2O2. The molecule has 1 saturated carbocycles. The molecule has 0 aliphatic heterocycles. The van der Waals surface area contributed by atoms with E-state index >= 15 is 0 Å². The minimum atomic E-state index is -0.354. The van der Waals surface area contributed by atoms with Crippen molar-refractivity contribution in [1.82, 2.24) is 10.6 Å². The first kappa shape index (κ1) is 9.32. The van der Waals surface area contributed by atoms with Crippen LogP contribution in [0.3, 0.4) is 0 Å². The van der Waals surface area contributed by atoms with Crippen LogP contribution in [0, 0.1) is 0 Å². The minimum absolute atomic E-state index is 0.0449. The fraction of sp³-hybridized carbons (Fsp3) is 0.875. The van der Waals surface area contributed by atoms with Crippen molar-refractivity contribution in [3.05, 3.63) is 0 Å². The molecule has 2 amide bonds. The molecule has 3 N–H and O–H groups in total. The Morgan fingerprint density at radius 1 is 1.58 bits per heavy atom. The zero-order valence-electron chi connectivity index (χ0n) is 7.34. The maximum Gasteiger partial charge on any atom is 0.315 e. The van der Waals surface area contributed by atoms with E-state index in [0.717, 1.165) is 19.3 Å². The van der Waals surface area contributed by atoms with Crippen molar-refractivity contribution in [1.29, 1.82) is 0 Å². The van der Waals surface area contributed by atoms with Crippen LogP contribution in [0.15, 0.2) is 0 Å². The highest BCUT2D eigenvalue weighted by Crippen LogP contribution is 2.18. The van der Waals surface area contributed by atoms with E-state index in [1.165, 1.54) is 0 Å². The van der Waals surface area contributed by atoms with Crippen molar-refractivity contribution in [3.8, 4) is 0 Å². The monoisotopic (exact) mass is 172 g/mol. The molecule has 4 nitrogen and oxygen atoms in total. The van der Waals surface area contributed by atoms with Gasteiger partial charge in [0.05, 0.1) is 12.1 Å². The van der Waals surface area contributed by atoms with Gasteiger partial charge in [0.15, 0.2) is 0 Å². The van der Waals surface area contributed by atoms with E-state index in [0.29, 0.717) is 6.54 Å². The first-order chi connectivity index (χ1) is 5.74. The molecule has 4 heteroatoms. The zero-order valence-corrected chi connectivity index (χ0v) is 7.34. The van der Waals surface area contributed by atoms with Gasteiger partial charge >= 0.3 is 6.03 Å². The molecule has 0 spiro atoms. The van der Waals surface area contributed by atoms with Gasteiger partial charge in [-0.25, -0.2) is 4.79 Å². The van der Waals surface area contributed by atoms with Crippen molar-refractivity contribution in [2.75, 3.05) is 6.54 Å². The molecule has 1 aliphatic rings. The number of amides is 2. The van der Waals surface area contributed by atoms with Crippen molar-refractivity contribution in [3.63, 3.8) is 0 Å². The Morgan fingerprint density at radius 3 is 2.83 bits per heavy atom. The number of hydrogen-bond acceptors (Lipinski definition) is 2. The lowest BCUT2D eigenvalue weighted by molar-refractivity contribution is 0.149. The summed E-state index contributed by atoms with van der Waals surface area (Å²) in [7, 11) is 0. The third-order valence-corrected chi connectivity index (χ3v) is 2.13. The summed E-state index contributed by atoms with van der Waals surface area (Å²) in [6, 6.07) is -0.222. The predicted molar refractivity (Wildman–Crippen MR) is 45.9 cm³/mol. The van der Waals surface area contributed by atoms with Crippen LogP contribution >= 0.6 is 0 Å². The van der Waals surface area contributed by atoms with Gasteiger partial charge in [-0.1, -0.05) is 0 Å². The average molecular weight is 172 g/mol. The summed E-state index contributed by atoms with van der Waals surface area (Å²) in [5.41, 5.74) is 0. The number of carbonyl (C=O) groups is 1. The molecular weight excluding hydrogens is 156 g/mol. The molecule has 12 heavy (non-hydrogen) atoms. The Balaban J connectivity index is 2.25. The third-order valence-electron chi connectivity index (χ3n) is 2.13. The molecule has 0 radical (unpaired) electrons. The van der Waals surface area contributed by atoms with Crippen molar-refractivity contribution >= 4 is 6.03 Å². The van der Waals surface area contributed by atoms with E-state index in [-0.39, 0.29) is 18.2 Å². The summed E-state index contributed by atoms with van der Waals surface area (Å²) in [6.45, 7) is 2.49. The van der Waals surface area contributed by atoms with Crippen LogP contribution < -0.4 is 10.6 Å². The van der Waals surface area contributed by atoms with Crippen LogP contribution in [0.1, 0.15) is 26.2 Å². The van der Waals surface area contributed by atoms with Crippen LogP contribution in [0.5, 0.6) is 0 Å². The smallest absolute Gasteiger partial charge is 0.315 e. The Labute approximate surface area is 72.3 Å². The summed E-state index contributed by atoms with van der Waals surface area (Å²) >= 11 is 0. The second-order valence-corrected chi connectivity index (χ2v) is 3.11. The van der Waals surface area contributed by atoms with Gasteiger partial charge in [0.2, 0.25) is 0 Å². The molecule has 1 unspecified atom stereocenters. The Morgan fingerprint density at radius 2 is 2.33 bits per heavy atom. The first-order valence-electron chi connectivity index (χ1n) is 4.46. The standard InChI is InChI=1S/C8H16N2O2/c1-2-9-8(12)10-6-4-3-5-7(6)11/h6-7,11H,2-5H2,1H3,(H2,9,10,12)/t6?,7-/m0/s1. The van der Waals surface area contributed by atoms with Crippen LogP contribution in [0.2, 0.25) is 0 Å². The molecule has 1 rings (SSSR count). The van der Waals surface area contributed by atoms with Gasteiger partial charge in [-0.15, -0.1) is 0 Å². The van der Waals surface area contributed by atoms with E-state index in [4.69, 9.17) is 0 Å². The van der Waals surface area contributed by atoms with E-state index in [1.807, 2.05) is 6.92 Å². The topological polar surface area (TPSA) is 61.4 Å². The lowest BCUT2D eigenvalue weighted by Gasteiger charge is -2.16. The number of rotatable bonds is 2. The third kappa shape index (κ3) is 2.37. The lowest BCUT2D eigenvalue weighted by Crippen LogP contribution is -2.45. The number of urea groups is 1. The van der Waals surface area contributed by atoms with Crippen LogP contribution in [-0.2, 0) is 0 Å². The Kier molecular flexibility index (Phi) is 3.34. The highest BCUT2D eigenvalue weighted by atomic mass is 16.3. The number of aliphatic hydroxyl groups is 1. The molecule has 0 saturated heterocycles. The lowest BCUT2D eigenvalue weighted by atomic mass is 10.2. The largest absolute Gasteiger partial charge is 0.391 e. The number of carbonyl (C=O) groups excluding carboxylic acids is 1. The number of nitrogens with one attached hydrogen (secondary N) is 2. The van der Waals surface area contributed by atoms with Gasteiger partial charge in [0, 0.05) is 6.54 Å². The molecule has 0 heterocycles. The van der Waals surface area contributed by atoms with Gasteiger partial charge in [-0.05, 0) is 26.2 Å². The van der Waals surface area contributed by atoms with Gasteiger partial charge in [0.1, 0.15) is 0 Å². The molecule has 0 aromatic rings. The zero-order chi connectivity index (χ0) is 8.97. The number of hydrogen-bond donors (Lipinski definition) is 3. The first-order valence-corrected chi connectivity index (χ1v) is 4.46. The molecule has 2 atom stereocenters. The van der Waals surface area contributed by atoms with Crippen LogP contribution in [0.4, 0.5) is 4.79 Å². The highest BCUT2D eigenvalue weighted by molar-refractivity contribution is 5.74. The van der Waals surface area contributed by atoms with Gasteiger partial charge in [0.25, 0.3) is 0 Å². The SMILES string of the molecule is CCNC(=O)NC1CCC[C@@H]1O. The Hall–Kier alpha value is -0.770. The molecule has 1 fully saturated rings. The van der Waals surface area contributed by atoms with E-state index in [1.54, 1.807) is 0 Å². The quantitative estimate of drug-likeness (QED) is 0.558. The summed E-state index contributed by atoms with van der Waals surface area (Å²) in [4.78, 5) is 11.0. The molecule has 70 valence electrons. The van der Waals surface area contributed by atoms with E-state index in [2.05, 4.69) is 10.6 Å². The molecule has 1 aliphatic carbocycles. The number of aliphatic hydroxyl groups excluding tert-OH is 1. The van der Waals surface area contributed by atoms with Crippen molar-refractivity contribution in [2.24, 2.45) is 0 Å². The Bertz CT molecular complexity index is 161. The summed E-state index contributed by atoms with van der Waals surface area (Å²) in [5.74, 6) is 0. The van der Waals surface area contributed by atoms with Gasteiger partial charge < -0.3 is 15.7 Å². The van der Waals surface area contributed by atoms with Crippen molar-refractivity contribution in [2.45, 2.75) is 38.3 Å². The van der Waals surface area contributed by atoms with Gasteiger partial charge in [-0.3, -0.25) is 0 Å². The maximum absolute atomic E-state index is 11.0. The van der Waals surface area contributed by atoms with Crippen LogP contribution in [-0.4, -0.2) is 29.8 Å². The molecule has 0 aromatic heterocycles. The molecule has 0 aromatic carbocycles. The summed E-state index contributed by atoms with van der Waals surface area (Å²) in [5, 5.41) is 14.7. The summed E-state index contributed by atoms with van der Waals surface area (Å²) < 4.78 is 0.